The first-order chi connectivity index (χ1) is 14.2. The van der Waals surface area contributed by atoms with Crippen LogP contribution >= 0.6 is 0 Å². The van der Waals surface area contributed by atoms with Gasteiger partial charge in [-0.3, -0.25) is 14.5 Å². The summed E-state index contributed by atoms with van der Waals surface area (Å²) in [5.41, 5.74) is 2.58. The van der Waals surface area contributed by atoms with Crippen LogP contribution in [0.25, 0.3) is 0 Å². The Morgan fingerprint density at radius 3 is 2.23 bits per heavy atom. The number of likely N-dealkylation sites (tertiary alicyclic amines) is 1. The van der Waals surface area contributed by atoms with Crippen LogP contribution in [0.1, 0.15) is 55.1 Å². The van der Waals surface area contributed by atoms with Crippen molar-refractivity contribution in [1.82, 2.24) is 4.90 Å². The van der Waals surface area contributed by atoms with Crippen molar-refractivity contribution >= 4 is 17.8 Å². The SMILES string of the molecule is CC(C)(C)c1ccc(OCc2ccc(C(=O)OCC(=O)N3CCCC3=O)cc2)cc1. The van der Waals surface area contributed by atoms with Crippen LogP contribution in [-0.4, -0.2) is 35.8 Å². The largest absolute Gasteiger partial charge is 0.489 e. The number of nitrogens with zero attached hydrogens (tertiary/aromatic N) is 1. The molecule has 1 heterocycles. The van der Waals surface area contributed by atoms with Gasteiger partial charge in [-0.2, -0.15) is 0 Å². The lowest BCUT2D eigenvalue weighted by molar-refractivity contribution is -0.143. The minimum atomic E-state index is -0.597. The maximum atomic E-state index is 12.1. The molecule has 0 N–H and O–H groups in total. The average Bonchev–Trinajstić information content (AvgIpc) is 3.16. The molecule has 0 aliphatic carbocycles. The minimum Gasteiger partial charge on any atom is -0.489 e. The summed E-state index contributed by atoms with van der Waals surface area (Å²) in [6.07, 6.45) is 1.02. The minimum absolute atomic E-state index is 0.0948. The van der Waals surface area contributed by atoms with E-state index < -0.39 is 18.5 Å². The summed E-state index contributed by atoms with van der Waals surface area (Å²) in [5, 5.41) is 0. The van der Waals surface area contributed by atoms with E-state index in [0.717, 1.165) is 16.2 Å². The molecule has 1 aliphatic heterocycles. The second-order valence-electron chi connectivity index (χ2n) is 8.38. The smallest absolute Gasteiger partial charge is 0.338 e. The van der Waals surface area contributed by atoms with Gasteiger partial charge in [0.2, 0.25) is 5.91 Å². The van der Waals surface area contributed by atoms with E-state index in [2.05, 4.69) is 32.9 Å². The highest BCUT2D eigenvalue weighted by molar-refractivity contribution is 5.98. The van der Waals surface area contributed by atoms with Crippen molar-refractivity contribution in [3.05, 3.63) is 65.2 Å². The fourth-order valence-electron chi connectivity index (χ4n) is 3.16. The van der Waals surface area contributed by atoms with Crippen LogP contribution in [0.4, 0.5) is 0 Å². The Labute approximate surface area is 176 Å². The second-order valence-corrected chi connectivity index (χ2v) is 8.38. The van der Waals surface area contributed by atoms with Crippen LogP contribution in [0.15, 0.2) is 48.5 Å². The first-order valence-electron chi connectivity index (χ1n) is 10.1. The third-order valence-electron chi connectivity index (χ3n) is 5.02. The second kappa shape index (κ2) is 9.11. The van der Waals surface area contributed by atoms with Crippen molar-refractivity contribution < 1.29 is 23.9 Å². The number of rotatable bonds is 6. The van der Waals surface area contributed by atoms with Crippen molar-refractivity contribution in [3.8, 4) is 5.75 Å². The van der Waals surface area contributed by atoms with Gasteiger partial charge in [-0.15, -0.1) is 0 Å². The quantitative estimate of drug-likeness (QED) is 0.677. The Balaban J connectivity index is 1.49. The van der Waals surface area contributed by atoms with Crippen molar-refractivity contribution in [1.29, 1.82) is 0 Å². The van der Waals surface area contributed by atoms with E-state index in [1.165, 1.54) is 5.56 Å². The number of hydrogen-bond acceptors (Lipinski definition) is 5. The zero-order valence-corrected chi connectivity index (χ0v) is 17.6. The van der Waals surface area contributed by atoms with Gasteiger partial charge in [-0.25, -0.2) is 4.79 Å². The van der Waals surface area contributed by atoms with Gasteiger partial charge < -0.3 is 9.47 Å². The summed E-state index contributed by atoms with van der Waals surface area (Å²) < 4.78 is 10.9. The molecule has 158 valence electrons. The normalized spacial score (nSPS) is 14.0. The molecule has 0 spiro atoms. The summed E-state index contributed by atoms with van der Waals surface area (Å²) >= 11 is 0. The summed E-state index contributed by atoms with van der Waals surface area (Å²) in [6.45, 7) is 6.83. The lowest BCUT2D eigenvalue weighted by Gasteiger charge is -2.19. The molecule has 30 heavy (non-hydrogen) atoms. The molecule has 0 atom stereocenters. The van der Waals surface area contributed by atoms with Crippen molar-refractivity contribution in [3.63, 3.8) is 0 Å². The lowest BCUT2D eigenvalue weighted by Crippen LogP contribution is -2.35. The first kappa shape index (κ1) is 21.6. The molecule has 1 saturated heterocycles. The van der Waals surface area contributed by atoms with E-state index in [-0.39, 0.29) is 11.3 Å². The third kappa shape index (κ3) is 5.47. The van der Waals surface area contributed by atoms with Crippen molar-refractivity contribution in [2.45, 2.75) is 45.6 Å². The van der Waals surface area contributed by atoms with Gasteiger partial charge in [0, 0.05) is 13.0 Å². The maximum Gasteiger partial charge on any atom is 0.338 e. The van der Waals surface area contributed by atoms with E-state index in [9.17, 15) is 14.4 Å². The van der Waals surface area contributed by atoms with E-state index in [4.69, 9.17) is 9.47 Å². The van der Waals surface area contributed by atoms with Gasteiger partial charge in [-0.1, -0.05) is 45.0 Å². The van der Waals surface area contributed by atoms with Crippen LogP contribution in [-0.2, 0) is 26.3 Å². The van der Waals surface area contributed by atoms with E-state index in [1.54, 1.807) is 24.3 Å². The number of carbonyl (C=O) groups excluding carboxylic acids is 3. The number of imide groups is 1. The number of amides is 2. The molecule has 2 aromatic carbocycles. The Morgan fingerprint density at radius 2 is 1.67 bits per heavy atom. The van der Waals surface area contributed by atoms with E-state index in [1.807, 2.05) is 12.1 Å². The predicted molar refractivity (Wildman–Crippen MR) is 112 cm³/mol. The molecule has 1 aliphatic rings. The van der Waals surface area contributed by atoms with Crippen LogP contribution < -0.4 is 4.74 Å². The predicted octanol–water partition coefficient (Wildman–Crippen LogP) is 3.87. The molecular formula is C24H27NO5. The zero-order chi connectivity index (χ0) is 21.7. The first-order valence-corrected chi connectivity index (χ1v) is 10.1. The Bertz CT molecular complexity index is 910. The lowest BCUT2D eigenvalue weighted by atomic mass is 9.87. The molecular weight excluding hydrogens is 382 g/mol. The van der Waals surface area contributed by atoms with Crippen LogP contribution in [0.3, 0.4) is 0 Å². The van der Waals surface area contributed by atoms with Crippen LogP contribution in [0.2, 0.25) is 0 Å². The van der Waals surface area contributed by atoms with Gasteiger partial charge in [0.15, 0.2) is 6.61 Å². The van der Waals surface area contributed by atoms with Gasteiger partial charge in [-0.05, 0) is 47.2 Å². The molecule has 3 rings (SSSR count). The number of carbonyl (C=O) groups is 3. The summed E-state index contributed by atoms with van der Waals surface area (Å²) in [4.78, 5) is 36.8. The molecule has 2 amide bonds. The molecule has 6 heteroatoms. The Hall–Kier alpha value is -3.15. The number of benzene rings is 2. The third-order valence-corrected chi connectivity index (χ3v) is 5.02. The van der Waals surface area contributed by atoms with Gasteiger partial charge in [0.05, 0.1) is 5.56 Å². The molecule has 6 nitrogen and oxygen atoms in total. The van der Waals surface area contributed by atoms with Gasteiger partial charge in [0.1, 0.15) is 12.4 Å². The summed E-state index contributed by atoms with van der Waals surface area (Å²) in [7, 11) is 0. The molecule has 2 aromatic rings. The monoisotopic (exact) mass is 409 g/mol. The van der Waals surface area contributed by atoms with Gasteiger partial charge >= 0.3 is 5.97 Å². The highest BCUT2D eigenvalue weighted by Gasteiger charge is 2.27. The summed E-state index contributed by atoms with van der Waals surface area (Å²) in [5.74, 6) is -0.511. The number of ether oxygens (including phenoxy) is 2. The number of esters is 1. The Morgan fingerprint density at radius 1 is 1.00 bits per heavy atom. The fourth-order valence-corrected chi connectivity index (χ4v) is 3.16. The van der Waals surface area contributed by atoms with Crippen LogP contribution in [0.5, 0.6) is 5.75 Å². The Kier molecular flexibility index (Phi) is 6.55. The molecule has 1 fully saturated rings. The average molecular weight is 409 g/mol. The van der Waals surface area contributed by atoms with Crippen molar-refractivity contribution in [2.75, 3.05) is 13.2 Å². The fraction of sp³-hybridized carbons (Fsp3) is 0.375. The van der Waals surface area contributed by atoms with Crippen LogP contribution in [0, 0.1) is 0 Å². The standard InChI is InChI=1S/C24H27NO5/c1-24(2,3)19-10-12-20(13-11-19)29-15-17-6-8-18(9-7-17)23(28)30-16-22(27)25-14-4-5-21(25)26/h6-13H,4-5,14-16H2,1-3H3. The van der Waals surface area contributed by atoms with Gasteiger partial charge in [0.25, 0.3) is 5.91 Å². The molecule has 0 saturated carbocycles. The highest BCUT2D eigenvalue weighted by atomic mass is 16.5. The van der Waals surface area contributed by atoms with E-state index >= 15 is 0 Å². The molecule has 0 unspecified atom stereocenters. The summed E-state index contributed by atoms with van der Waals surface area (Å²) in [6, 6.07) is 14.9. The topological polar surface area (TPSA) is 72.9 Å². The number of hydrogen-bond donors (Lipinski definition) is 0. The molecule has 0 bridgehead atoms. The highest BCUT2D eigenvalue weighted by Crippen LogP contribution is 2.24. The molecule has 0 radical (unpaired) electrons. The molecule has 0 aromatic heterocycles. The zero-order valence-electron chi connectivity index (χ0n) is 17.6. The van der Waals surface area contributed by atoms with E-state index in [0.29, 0.717) is 31.6 Å². The van der Waals surface area contributed by atoms with Crippen molar-refractivity contribution in [2.24, 2.45) is 0 Å². The maximum absolute atomic E-state index is 12.1.